The van der Waals surface area contributed by atoms with E-state index in [4.69, 9.17) is 0 Å². The fourth-order valence-electron chi connectivity index (χ4n) is 2.46. The van der Waals surface area contributed by atoms with Gasteiger partial charge >= 0.3 is 5.69 Å². The third-order valence-electron chi connectivity index (χ3n) is 3.53. The lowest BCUT2D eigenvalue weighted by Gasteiger charge is -2.22. The quantitative estimate of drug-likeness (QED) is 0.669. The fraction of sp³-hybridized carbons (Fsp3) is 0.385. The van der Waals surface area contributed by atoms with Crippen molar-refractivity contribution < 1.29 is 4.79 Å². The number of benzene rings is 1. The molecule has 106 valence electrons. The number of rotatable bonds is 2. The normalized spacial score (nSPS) is 19.1. The number of imidazole rings is 1. The zero-order valence-corrected chi connectivity index (χ0v) is 12.3. The Kier molecular flexibility index (Phi) is 3.62. The van der Waals surface area contributed by atoms with Crippen molar-refractivity contribution in [3.8, 4) is 0 Å². The van der Waals surface area contributed by atoms with Crippen LogP contribution in [-0.2, 0) is 4.79 Å². The predicted molar refractivity (Wildman–Crippen MR) is 80.8 cm³/mol. The summed E-state index contributed by atoms with van der Waals surface area (Å²) in [6.07, 6.45) is 1.92. The summed E-state index contributed by atoms with van der Waals surface area (Å²) in [6.45, 7) is 1.69. The van der Waals surface area contributed by atoms with Crippen molar-refractivity contribution >= 4 is 38.6 Å². The number of aromatic nitrogens is 2. The fourth-order valence-corrected chi connectivity index (χ4v) is 2.90. The van der Waals surface area contributed by atoms with E-state index in [0.29, 0.717) is 23.3 Å². The monoisotopic (exact) mass is 338 g/mol. The Morgan fingerprint density at radius 1 is 1.30 bits per heavy atom. The van der Waals surface area contributed by atoms with Crippen LogP contribution in [0.25, 0.3) is 11.0 Å². The Morgan fingerprint density at radius 2 is 2.05 bits per heavy atom. The second-order valence-corrected chi connectivity index (χ2v) is 5.84. The van der Waals surface area contributed by atoms with Gasteiger partial charge in [0.15, 0.2) is 0 Å². The first-order valence-corrected chi connectivity index (χ1v) is 7.36. The van der Waals surface area contributed by atoms with Crippen LogP contribution in [0.5, 0.6) is 0 Å². The summed E-state index contributed by atoms with van der Waals surface area (Å²) in [6, 6.07) is 3.54. The molecule has 0 saturated carbocycles. The maximum Gasteiger partial charge on any atom is 0.323 e. The molecule has 1 amide bonds. The lowest BCUT2D eigenvalue weighted by Crippen LogP contribution is -2.37. The standard InChI is InChI=1S/C13H15BrN4O2/c14-8-4-10-11(18-13(20)17-10)5-9(8)16-12(19)7-2-1-3-15-6-7/h4-5,7,15H,1-3,6H2,(H,16,19)(H2,17,18,20)/t7-/m1/s1. The van der Waals surface area contributed by atoms with Crippen molar-refractivity contribution in [3.63, 3.8) is 0 Å². The van der Waals surface area contributed by atoms with Crippen LogP contribution in [0, 0.1) is 5.92 Å². The van der Waals surface area contributed by atoms with Gasteiger partial charge in [0, 0.05) is 11.0 Å². The highest BCUT2D eigenvalue weighted by Crippen LogP contribution is 2.27. The summed E-state index contributed by atoms with van der Waals surface area (Å²) in [5.74, 6) is 0.00625. The number of carbonyl (C=O) groups excluding carboxylic acids is 1. The second kappa shape index (κ2) is 5.41. The van der Waals surface area contributed by atoms with Crippen LogP contribution < -0.4 is 16.3 Å². The molecule has 0 unspecified atom stereocenters. The van der Waals surface area contributed by atoms with Gasteiger partial charge in [-0.25, -0.2) is 4.79 Å². The average molecular weight is 339 g/mol. The van der Waals surface area contributed by atoms with E-state index in [2.05, 4.69) is 36.5 Å². The van der Waals surface area contributed by atoms with Crippen molar-refractivity contribution in [3.05, 3.63) is 27.1 Å². The van der Waals surface area contributed by atoms with E-state index in [-0.39, 0.29) is 17.5 Å². The molecule has 1 atom stereocenters. The van der Waals surface area contributed by atoms with E-state index in [0.717, 1.165) is 23.9 Å². The van der Waals surface area contributed by atoms with Gasteiger partial charge in [0.05, 0.1) is 22.6 Å². The number of aromatic amines is 2. The van der Waals surface area contributed by atoms with Crippen LogP contribution in [0.3, 0.4) is 0 Å². The summed E-state index contributed by atoms with van der Waals surface area (Å²) < 4.78 is 0.748. The zero-order valence-electron chi connectivity index (χ0n) is 10.8. The smallest absolute Gasteiger partial charge is 0.323 e. The van der Waals surface area contributed by atoms with Gasteiger partial charge in [-0.3, -0.25) is 4.79 Å². The molecule has 0 radical (unpaired) electrons. The van der Waals surface area contributed by atoms with Crippen molar-refractivity contribution in [1.29, 1.82) is 0 Å². The minimum Gasteiger partial charge on any atom is -0.325 e. The Hall–Kier alpha value is -1.60. The van der Waals surface area contributed by atoms with E-state index in [1.807, 2.05) is 0 Å². The van der Waals surface area contributed by atoms with Crippen molar-refractivity contribution in [2.45, 2.75) is 12.8 Å². The average Bonchev–Trinajstić information content (AvgIpc) is 2.79. The molecule has 0 bridgehead atoms. The number of hydrogen-bond donors (Lipinski definition) is 4. The maximum absolute atomic E-state index is 12.2. The number of hydrogen-bond acceptors (Lipinski definition) is 3. The number of carbonyl (C=O) groups is 1. The van der Waals surface area contributed by atoms with Crippen molar-refractivity contribution in [2.24, 2.45) is 5.92 Å². The number of halogens is 1. The molecule has 1 fully saturated rings. The van der Waals surface area contributed by atoms with E-state index >= 15 is 0 Å². The first-order chi connectivity index (χ1) is 9.63. The predicted octanol–water partition coefficient (Wildman–Crippen LogP) is 1.56. The largest absolute Gasteiger partial charge is 0.325 e. The number of nitrogens with one attached hydrogen (secondary N) is 4. The molecule has 2 heterocycles. The summed E-state index contributed by atoms with van der Waals surface area (Å²) in [5.41, 5.74) is 1.80. The Balaban J connectivity index is 1.84. The molecule has 4 N–H and O–H groups in total. The first-order valence-electron chi connectivity index (χ1n) is 6.56. The van der Waals surface area contributed by atoms with Crippen molar-refractivity contribution in [2.75, 3.05) is 18.4 Å². The number of anilines is 1. The molecule has 1 aliphatic rings. The summed E-state index contributed by atoms with van der Waals surface area (Å²) >= 11 is 3.41. The molecule has 7 heteroatoms. The molecule has 1 aromatic heterocycles. The van der Waals surface area contributed by atoms with Crippen LogP contribution in [0.15, 0.2) is 21.4 Å². The highest BCUT2D eigenvalue weighted by atomic mass is 79.9. The number of amides is 1. The molecule has 20 heavy (non-hydrogen) atoms. The minimum atomic E-state index is -0.258. The molecule has 1 saturated heterocycles. The third-order valence-corrected chi connectivity index (χ3v) is 4.19. The number of H-pyrrole nitrogens is 2. The Morgan fingerprint density at radius 3 is 2.75 bits per heavy atom. The number of piperidine rings is 1. The van der Waals surface area contributed by atoms with E-state index in [1.165, 1.54) is 0 Å². The minimum absolute atomic E-state index is 0.00313. The van der Waals surface area contributed by atoms with Crippen LogP contribution in [-0.4, -0.2) is 29.0 Å². The molecular weight excluding hydrogens is 324 g/mol. The number of fused-ring (bicyclic) bond motifs is 1. The topological polar surface area (TPSA) is 89.8 Å². The van der Waals surface area contributed by atoms with Gasteiger partial charge in [-0.15, -0.1) is 0 Å². The highest BCUT2D eigenvalue weighted by Gasteiger charge is 2.21. The molecule has 6 nitrogen and oxygen atoms in total. The second-order valence-electron chi connectivity index (χ2n) is 4.99. The van der Waals surface area contributed by atoms with Crippen LogP contribution in [0.4, 0.5) is 5.69 Å². The molecular formula is C13H15BrN4O2. The van der Waals surface area contributed by atoms with Gasteiger partial charge in [0.25, 0.3) is 0 Å². The van der Waals surface area contributed by atoms with Gasteiger partial charge in [0.1, 0.15) is 0 Å². The lowest BCUT2D eigenvalue weighted by atomic mass is 9.99. The van der Waals surface area contributed by atoms with Crippen LogP contribution in [0.2, 0.25) is 0 Å². The molecule has 0 spiro atoms. The molecule has 0 aliphatic carbocycles. The lowest BCUT2D eigenvalue weighted by molar-refractivity contribution is -0.120. The first kappa shape index (κ1) is 13.4. The summed E-state index contributed by atoms with van der Waals surface area (Å²) in [5, 5.41) is 6.14. The van der Waals surface area contributed by atoms with Crippen LogP contribution >= 0.6 is 15.9 Å². The highest BCUT2D eigenvalue weighted by molar-refractivity contribution is 9.10. The molecule has 1 aromatic carbocycles. The summed E-state index contributed by atoms with van der Waals surface area (Å²) in [7, 11) is 0. The van der Waals surface area contributed by atoms with Gasteiger partial charge in [0.2, 0.25) is 5.91 Å². The van der Waals surface area contributed by atoms with E-state index in [1.54, 1.807) is 12.1 Å². The van der Waals surface area contributed by atoms with Gasteiger partial charge < -0.3 is 20.6 Å². The van der Waals surface area contributed by atoms with E-state index in [9.17, 15) is 9.59 Å². The van der Waals surface area contributed by atoms with Gasteiger partial charge in [-0.1, -0.05) is 0 Å². The molecule has 3 rings (SSSR count). The van der Waals surface area contributed by atoms with Crippen LogP contribution in [0.1, 0.15) is 12.8 Å². The van der Waals surface area contributed by atoms with Crippen molar-refractivity contribution in [1.82, 2.24) is 15.3 Å². The van der Waals surface area contributed by atoms with Gasteiger partial charge in [-0.2, -0.15) is 0 Å². The third kappa shape index (κ3) is 2.64. The Labute approximate surface area is 123 Å². The molecule has 1 aliphatic heterocycles. The zero-order chi connectivity index (χ0) is 14.1. The maximum atomic E-state index is 12.2. The van der Waals surface area contributed by atoms with Gasteiger partial charge in [-0.05, 0) is 47.4 Å². The SMILES string of the molecule is O=C(Nc1cc2[nH]c(=O)[nH]c2cc1Br)[C@@H]1CCCNC1. The summed E-state index contributed by atoms with van der Waals surface area (Å²) in [4.78, 5) is 28.8. The Bertz CT molecular complexity index is 700. The molecule has 2 aromatic rings. The van der Waals surface area contributed by atoms with E-state index < -0.39 is 0 Å².